The number of benzene rings is 1. The van der Waals surface area contributed by atoms with Gasteiger partial charge in [-0.15, -0.1) is 0 Å². The molecule has 1 amide bonds. The van der Waals surface area contributed by atoms with Crippen molar-refractivity contribution in [2.45, 2.75) is 6.54 Å². The predicted octanol–water partition coefficient (Wildman–Crippen LogP) is 0.443. The monoisotopic (exact) mass is 337 g/mol. The number of carboxylic acid groups (broad SMARTS) is 1. The predicted molar refractivity (Wildman–Crippen MR) is 87.9 cm³/mol. The van der Waals surface area contributed by atoms with E-state index in [9.17, 15) is 9.59 Å². The van der Waals surface area contributed by atoms with Gasteiger partial charge in [-0.2, -0.15) is 9.97 Å². The van der Waals surface area contributed by atoms with Crippen molar-refractivity contribution in [3.05, 3.63) is 41.2 Å². The molecule has 0 radical (unpaired) electrons. The summed E-state index contributed by atoms with van der Waals surface area (Å²) in [5.74, 6) is -1.37. The number of nitrogen functional groups attached to an aromatic ring is 2. The normalized spacial score (nSPS) is 13.3. The summed E-state index contributed by atoms with van der Waals surface area (Å²) in [7, 11) is 0. The molecule has 0 saturated heterocycles. The Bertz CT molecular complexity index is 1050. The zero-order valence-electron chi connectivity index (χ0n) is 12.7. The SMILES string of the molecule is Nc1nc(N)c2nc3c(nc2n1)CN(c1ccc(C(=O)O)cc1)C3=O. The number of hydrogen-bond donors (Lipinski definition) is 3. The number of hydrogen-bond acceptors (Lipinski definition) is 8. The van der Waals surface area contributed by atoms with Gasteiger partial charge in [-0.25, -0.2) is 14.8 Å². The first kappa shape index (κ1) is 14.8. The van der Waals surface area contributed by atoms with Crippen molar-refractivity contribution in [1.82, 2.24) is 19.9 Å². The fourth-order valence-electron chi connectivity index (χ4n) is 2.64. The molecule has 3 heterocycles. The lowest BCUT2D eigenvalue weighted by atomic mass is 10.2. The molecule has 0 bridgehead atoms. The molecule has 0 unspecified atom stereocenters. The zero-order valence-corrected chi connectivity index (χ0v) is 12.7. The molecule has 124 valence electrons. The second-order valence-corrected chi connectivity index (χ2v) is 5.40. The number of fused-ring (bicyclic) bond motifs is 2. The topological polar surface area (TPSA) is 161 Å². The van der Waals surface area contributed by atoms with Crippen molar-refractivity contribution >= 4 is 40.5 Å². The maximum atomic E-state index is 12.6. The highest BCUT2D eigenvalue weighted by molar-refractivity contribution is 6.09. The number of amides is 1. The summed E-state index contributed by atoms with van der Waals surface area (Å²) in [6.07, 6.45) is 0. The average Bonchev–Trinajstić information content (AvgIpc) is 2.89. The summed E-state index contributed by atoms with van der Waals surface area (Å²) >= 11 is 0. The van der Waals surface area contributed by atoms with Crippen molar-refractivity contribution in [2.24, 2.45) is 0 Å². The maximum absolute atomic E-state index is 12.6. The van der Waals surface area contributed by atoms with Crippen molar-refractivity contribution in [3.8, 4) is 0 Å². The third-order valence-corrected chi connectivity index (χ3v) is 3.83. The fraction of sp³-hybridized carbons (Fsp3) is 0.0667. The van der Waals surface area contributed by atoms with Crippen molar-refractivity contribution in [1.29, 1.82) is 0 Å². The van der Waals surface area contributed by atoms with Crippen LogP contribution in [0.1, 0.15) is 26.5 Å². The van der Waals surface area contributed by atoms with E-state index in [-0.39, 0.29) is 46.6 Å². The van der Waals surface area contributed by atoms with E-state index in [0.29, 0.717) is 11.4 Å². The van der Waals surface area contributed by atoms with E-state index >= 15 is 0 Å². The highest BCUT2D eigenvalue weighted by atomic mass is 16.4. The van der Waals surface area contributed by atoms with Crippen LogP contribution in [0.3, 0.4) is 0 Å². The minimum Gasteiger partial charge on any atom is -0.478 e. The number of aromatic carboxylic acids is 1. The van der Waals surface area contributed by atoms with Gasteiger partial charge in [0.25, 0.3) is 5.91 Å². The van der Waals surface area contributed by atoms with Gasteiger partial charge < -0.3 is 21.5 Å². The van der Waals surface area contributed by atoms with Crippen LogP contribution in [0.4, 0.5) is 17.5 Å². The van der Waals surface area contributed by atoms with Crippen LogP contribution in [0, 0.1) is 0 Å². The average molecular weight is 337 g/mol. The molecule has 0 atom stereocenters. The van der Waals surface area contributed by atoms with Gasteiger partial charge in [0, 0.05) is 5.69 Å². The Hall–Kier alpha value is -3.82. The van der Waals surface area contributed by atoms with Crippen molar-refractivity contribution < 1.29 is 14.7 Å². The molecule has 5 N–H and O–H groups in total. The number of carbonyl (C=O) groups excluding carboxylic acids is 1. The summed E-state index contributed by atoms with van der Waals surface area (Å²) in [4.78, 5) is 41.4. The molecule has 3 aromatic rings. The van der Waals surface area contributed by atoms with Crippen molar-refractivity contribution in [2.75, 3.05) is 16.4 Å². The van der Waals surface area contributed by atoms with Gasteiger partial charge in [-0.05, 0) is 24.3 Å². The summed E-state index contributed by atoms with van der Waals surface area (Å²) in [6, 6.07) is 5.96. The number of carboxylic acids is 1. The highest BCUT2D eigenvalue weighted by Crippen LogP contribution is 2.28. The molecule has 4 rings (SSSR count). The number of rotatable bonds is 2. The molecule has 0 spiro atoms. The number of nitrogens with two attached hydrogens (primary N) is 2. The zero-order chi connectivity index (χ0) is 17.7. The summed E-state index contributed by atoms with van der Waals surface area (Å²) in [6.45, 7) is 0.188. The van der Waals surface area contributed by atoms with E-state index in [1.54, 1.807) is 12.1 Å². The van der Waals surface area contributed by atoms with Gasteiger partial charge in [-0.1, -0.05) is 0 Å². The fourth-order valence-corrected chi connectivity index (χ4v) is 2.64. The van der Waals surface area contributed by atoms with Crippen molar-refractivity contribution in [3.63, 3.8) is 0 Å². The van der Waals surface area contributed by atoms with Gasteiger partial charge in [0.2, 0.25) is 5.95 Å². The first-order valence-electron chi connectivity index (χ1n) is 7.19. The van der Waals surface area contributed by atoms with Crippen LogP contribution in [0.15, 0.2) is 24.3 Å². The van der Waals surface area contributed by atoms with Gasteiger partial charge >= 0.3 is 5.97 Å². The van der Waals surface area contributed by atoms with E-state index in [0.717, 1.165) is 0 Å². The van der Waals surface area contributed by atoms with E-state index in [4.69, 9.17) is 16.6 Å². The Morgan fingerprint density at radius 3 is 2.48 bits per heavy atom. The van der Waals surface area contributed by atoms with Gasteiger partial charge in [-0.3, -0.25) is 4.79 Å². The van der Waals surface area contributed by atoms with Crippen LogP contribution in [0.5, 0.6) is 0 Å². The summed E-state index contributed by atoms with van der Waals surface area (Å²) in [5.41, 5.74) is 13.0. The third kappa shape index (κ3) is 2.27. The minimum atomic E-state index is -1.04. The lowest BCUT2D eigenvalue weighted by molar-refractivity contribution is 0.0696. The van der Waals surface area contributed by atoms with Crippen LogP contribution >= 0.6 is 0 Å². The van der Waals surface area contributed by atoms with E-state index in [1.807, 2.05) is 0 Å². The molecule has 0 aliphatic carbocycles. The molecule has 0 fully saturated rings. The molecule has 1 aliphatic rings. The number of carbonyl (C=O) groups is 2. The smallest absolute Gasteiger partial charge is 0.335 e. The van der Waals surface area contributed by atoms with E-state index < -0.39 is 5.97 Å². The second-order valence-electron chi connectivity index (χ2n) is 5.40. The van der Waals surface area contributed by atoms with E-state index in [1.165, 1.54) is 17.0 Å². The van der Waals surface area contributed by atoms with Crippen LogP contribution in [-0.2, 0) is 6.54 Å². The number of aromatic nitrogens is 4. The Morgan fingerprint density at radius 2 is 1.80 bits per heavy atom. The number of anilines is 3. The van der Waals surface area contributed by atoms with Crippen LogP contribution in [-0.4, -0.2) is 36.9 Å². The molecule has 1 aliphatic heterocycles. The Balaban J connectivity index is 1.77. The maximum Gasteiger partial charge on any atom is 0.335 e. The van der Waals surface area contributed by atoms with Gasteiger partial charge in [0.15, 0.2) is 22.7 Å². The van der Waals surface area contributed by atoms with Crippen LogP contribution in [0.2, 0.25) is 0 Å². The lowest BCUT2D eigenvalue weighted by Crippen LogP contribution is -2.23. The summed E-state index contributed by atoms with van der Waals surface area (Å²) < 4.78 is 0. The van der Waals surface area contributed by atoms with Crippen LogP contribution < -0.4 is 16.4 Å². The lowest BCUT2D eigenvalue weighted by Gasteiger charge is -2.14. The largest absolute Gasteiger partial charge is 0.478 e. The third-order valence-electron chi connectivity index (χ3n) is 3.83. The second kappa shape index (κ2) is 5.09. The number of nitrogens with zero attached hydrogens (tertiary/aromatic N) is 5. The molecular formula is C15H11N7O3. The Kier molecular flexibility index (Phi) is 3.01. The molecule has 10 nitrogen and oxygen atoms in total. The molecular weight excluding hydrogens is 326 g/mol. The molecule has 2 aromatic heterocycles. The molecule has 1 aromatic carbocycles. The van der Waals surface area contributed by atoms with Crippen LogP contribution in [0.25, 0.3) is 11.2 Å². The molecule has 10 heteroatoms. The summed E-state index contributed by atoms with van der Waals surface area (Å²) in [5, 5.41) is 8.96. The van der Waals surface area contributed by atoms with Gasteiger partial charge in [0.1, 0.15) is 0 Å². The first-order valence-corrected chi connectivity index (χ1v) is 7.19. The Labute approximate surface area is 140 Å². The molecule has 0 saturated carbocycles. The Morgan fingerprint density at radius 1 is 1.08 bits per heavy atom. The van der Waals surface area contributed by atoms with E-state index in [2.05, 4.69) is 19.9 Å². The first-order chi connectivity index (χ1) is 11.9. The quantitative estimate of drug-likeness (QED) is 0.602. The molecule has 25 heavy (non-hydrogen) atoms. The minimum absolute atomic E-state index is 0.0234. The highest BCUT2D eigenvalue weighted by Gasteiger charge is 2.32. The standard InChI is InChI=1S/C15H11N7O3/c16-11-10-12(21-15(17)20-11)18-8-5-22(13(23)9(8)19-10)7-3-1-6(2-4-7)14(24)25/h1-4H,5H2,(H,24,25)(H4,16,17,18,20,21). The van der Waals surface area contributed by atoms with Gasteiger partial charge in [0.05, 0.1) is 17.8 Å².